The maximum Gasteiger partial charge on any atom is 0.303 e. The largest absolute Gasteiger partial charge is 0.481 e. The summed E-state index contributed by atoms with van der Waals surface area (Å²) in [5.41, 5.74) is 0. The highest BCUT2D eigenvalue weighted by Gasteiger charge is 2.25. The van der Waals surface area contributed by atoms with Crippen LogP contribution in [-0.4, -0.2) is 47.7 Å². The topological polar surface area (TPSA) is 66.8 Å². The molecule has 0 spiro atoms. The summed E-state index contributed by atoms with van der Waals surface area (Å²) in [5, 5.41) is 8.70. The molecule has 1 saturated heterocycles. The molecular formula is C14H25NO4. The van der Waals surface area contributed by atoms with Gasteiger partial charge in [-0.3, -0.25) is 9.59 Å². The lowest BCUT2D eigenvalue weighted by molar-refractivity contribution is -0.139. The second-order valence-electron chi connectivity index (χ2n) is 5.38. The van der Waals surface area contributed by atoms with E-state index in [4.69, 9.17) is 9.84 Å². The van der Waals surface area contributed by atoms with E-state index in [0.717, 1.165) is 32.4 Å². The normalized spacial score (nSPS) is 21.2. The van der Waals surface area contributed by atoms with E-state index in [-0.39, 0.29) is 24.3 Å². The Bertz CT molecular complexity index is 306. The molecule has 0 aliphatic carbocycles. The molecule has 110 valence electrons. The molecule has 19 heavy (non-hydrogen) atoms. The summed E-state index contributed by atoms with van der Waals surface area (Å²) in [7, 11) is 0. The third kappa shape index (κ3) is 6.05. The minimum absolute atomic E-state index is 0.0509. The molecule has 2 atom stereocenters. The molecule has 5 nitrogen and oxygen atoms in total. The monoisotopic (exact) mass is 271 g/mol. The molecule has 1 rings (SSSR count). The Morgan fingerprint density at radius 3 is 2.79 bits per heavy atom. The summed E-state index contributed by atoms with van der Waals surface area (Å²) >= 11 is 0. The molecule has 5 heteroatoms. The summed E-state index contributed by atoms with van der Waals surface area (Å²) < 4.78 is 5.69. The number of rotatable bonds is 7. The van der Waals surface area contributed by atoms with Crippen LogP contribution in [0.25, 0.3) is 0 Å². The third-order valence-electron chi connectivity index (χ3n) is 3.33. The predicted octanol–water partition coefficient (Wildman–Crippen LogP) is 1.90. The summed E-state index contributed by atoms with van der Waals surface area (Å²) in [5.74, 6) is -0.899. The first-order chi connectivity index (χ1) is 9.02. The van der Waals surface area contributed by atoms with E-state index in [9.17, 15) is 9.59 Å². The average molecular weight is 271 g/mol. The van der Waals surface area contributed by atoms with Gasteiger partial charge in [-0.05, 0) is 25.2 Å². The molecule has 0 aromatic rings. The van der Waals surface area contributed by atoms with Crippen molar-refractivity contribution in [2.75, 3.05) is 19.7 Å². The highest BCUT2D eigenvalue weighted by molar-refractivity contribution is 5.77. The number of carbonyl (C=O) groups excluding carboxylic acids is 1. The van der Waals surface area contributed by atoms with Gasteiger partial charge in [0.25, 0.3) is 0 Å². The maximum absolute atomic E-state index is 12.1. The Labute approximate surface area is 114 Å². The molecule has 0 bridgehead atoms. The van der Waals surface area contributed by atoms with E-state index in [0.29, 0.717) is 13.0 Å². The van der Waals surface area contributed by atoms with Gasteiger partial charge in [0.1, 0.15) is 0 Å². The molecule has 1 heterocycles. The van der Waals surface area contributed by atoms with Gasteiger partial charge in [0.2, 0.25) is 5.91 Å². The number of hydrogen-bond acceptors (Lipinski definition) is 3. The molecule has 0 saturated carbocycles. The van der Waals surface area contributed by atoms with Gasteiger partial charge in [0.05, 0.1) is 6.10 Å². The van der Waals surface area contributed by atoms with Crippen molar-refractivity contribution in [3.8, 4) is 0 Å². The minimum atomic E-state index is -0.844. The molecule has 1 aliphatic heterocycles. The van der Waals surface area contributed by atoms with Crippen molar-refractivity contribution in [2.24, 2.45) is 5.92 Å². The van der Waals surface area contributed by atoms with Crippen molar-refractivity contribution >= 4 is 11.9 Å². The van der Waals surface area contributed by atoms with Crippen molar-refractivity contribution in [1.29, 1.82) is 0 Å². The lowest BCUT2D eigenvalue weighted by Crippen LogP contribution is -2.43. The number of aliphatic carboxylic acids is 1. The Morgan fingerprint density at radius 1 is 1.42 bits per heavy atom. The first kappa shape index (κ1) is 16.0. The number of amides is 1. The first-order valence-corrected chi connectivity index (χ1v) is 7.14. The molecule has 0 radical (unpaired) electrons. The van der Waals surface area contributed by atoms with Crippen LogP contribution in [0.4, 0.5) is 0 Å². The molecule has 0 aromatic heterocycles. The van der Waals surface area contributed by atoms with Crippen molar-refractivity contribution in [2.45, 2.75) is 52.1 Å². The standard InChI is InChI=1S/C14H25NO4/c1-3-7-19-12-5-4-6-15(10-12)13(16)8-11(2)9-14(17)18/h11-12H,3-10H2,1-2H3,(H,17,18). The van der Waals surface area contributed by atoms with Crippen molar-refractivity contribution in [3.63, 3.8) is 0 Å². The average Bonchev–Trinajstić information content (AvgIpc) is 2.35. The number of carboxylic acids is 1. The number of carbonyl (C=O) groups is 2. The minimum Gasteiger partial charge on any atom is -0.481 e. The van der Waals surface area contributed by atoms with Gasteiger partial charge < -0.3 is 14.7 Å². The quantitative estimate of drug-likeness (QED) is 0.768. The van der Waals surface area contributed by atoms with Gasteiger partial charge >= 0.3 is 5.97 Å². The zero-order chi connectivity index (χ0) is 14.3. The van der Waals surface area contributed by atoms with Crippen LogP contribution in [0.3, 0.4) is 0 Å². The van der Waals surface area contributed by atoms with Crippen LogP contribution in [0, 0.1) is 5.92 Å². The van der Waals surface area contributed by atoms with E-state index < -0.39 is 5.97 Å². The number of hydrogen-bond donors (Lipinski definition) is 1. The van der Waals surface area contributed by atoms with Crippen molar-refractivity contribution < 1.29 is 19.4 Å². The van der Waals surface area contributed by atoms with Crippen LogP contribution >= 0.6 is 0 Å². The smallest absolute Gasteiger partial charge is 0.303 e. The lowest BCUT2D eigenvalue weighted by atomic mass is 10.0. The van der Waals surface area contributed by atoms with E-state index in [1.54, 1.807) is 6.92 Å². The van der Waals surface area contributed by atoms with Crippen LogP contribution in [0.1, 0.15) is 46.0 Å². The molecule has 1 amide bonds. The Hall–Kier alpha value is -1.10. The van der Waals surface area contributed by atoms with Crippen LogP contribution < -0.4 is 0 Å². The SMILES string of the molecule is CCCOC1CCCN(C(=O)CC(C)CC(=O)O)C1. The van der Waals surface area contributed by atoms with Gasteiger partial charge in [-0.25, -0.2) is 0 Å². The molecule has 1 fully saturated rings. The third-order valence-corrected chi connectivity index (χ3v) is 3.33. The molecule has 0 aromatic carbocycles. The fourth-order valence-corrected chi connectivity index (χ4v) is 2.38. The maximum atomic E-state index is 12.1. The van der Waals surface area contributed by atoms with E-state index in [2.05, 4.69) is 6.92 Å². The molecule has 2 unspecified atom stereocenters. The molecule has 1 N–H and O–H groups in total. The Morgan fingerprint density at radius 2 is 2.16 bits per heavy atom. The fraction of sp³-hybridized carbons (Fsp3) is 0.857. The van der Waals surface area contributed by atoms with Crippen molar-refractivity contribution in [1.82, 2.24) is 4.90 Å². The first-order valence-electron chi connectivity index (χ1n) is 7.14. The predicted molar refractivity (Wildman–Crippen MR) is 71.9 cm³/mol. The number of carboxylic acid groups (broad SMARTS) is 1. The lowest BCUT2D eigenvalue weighted by Gasteiger charge is -2.33. The highest BCUT2D eigenvalue weighted by atomic mass is 16.5. The summed E-state index contributed by atoms with van der Waals surface area (Å²) in [6.07, 6.45) is 3.47. The van der Waals surface area contributed by atoms with Gasteiger partial charge in [0.15, 0.2) is 0 Å². The zero-order valence-corrected chi connectivity index (χ0v) is 11.9. The van der Waals surface area contributed by atoms with Crippen LogP contribution in [-0.2, 0) is 14.3 Å². The van der Waals surface area contributed by atoms with Crippen LogP contribution in [0.2, 0.25) is 0 Å². The Kier molecular flexibility index (Phi) is 6.84. The zero-order valence-electron chi connectivity index (χ0n) is 11.9. The number of nitrogens with zero attached hydrogens (tertiary/aromatic N) is 1. The summed E-state index contributed by atoms with van der Waals surface area (Å²) in [6, 6.07) is 0. The van der Waals surface area contributed by atoms with E-state index in [1.807, 2.05) is 4.90 Å². The van der Waals surface area contributed by atoms with Crippen LogP contribution in [0.5, 0.6) is 0 Å². The second-order valence-corrected chi connectivity index (χ2v) is 5.38. The molecule has 1 aliphatic rings. The van der Waals surface area contributed by atoms with E-state index in [1.165, 1.54) is 0 Å². The van der Waals surface area contributed by atoms with Gasteiger partial charge in [-0.15, -0.1) is 0 Å². The van der Waals surface area contributed by atoms with Gasteiger partial charge in [-0.2, -0.15) is 0 Å². The number of ether oxygens (including phenoxy) is 1. The molecular weight excluding hydrogens is 246 g/mol. The summed E-state index contributed by atoms with van der Waals surface area (Å²) in [6.45, 7) is 6.03. The van der Waals surface area contributed by atoms with Crippen LogP contribution in [0.15, 0.2) is 0 Å². The Balaban J connectivity index is 2.36. The number of piperidine rings is 1. The number of likely N-dealkylation sites (tertiary alicyclic amines) is 1. The second kappa shape index (κ2) is 8.15. The highest BCUT2D eigenvalue weighted by Crippen LogP contribution is 2.17. The van der Waals surface area contributed by atoms with Gasteiger partial charge in [-0.1, -0.05) is 13.8 Å². The van der Waals surface area contributed by atoms with E-state index >= 15 is 0 Å². The fourth-order valence-electron chi connectivity index (χ4n) is 2.38. The van der Waals surface area contributed by atoms with Crippen molar-refractivity contribution in [3.05, 3.63) is 0 Å². The van der Waals surface area contributed by atoms with Gasteiger partial charge in [0, 0.05) is 32.5 Å². The summed E-state index contributed by atoms with van der Waals surface area (Å²) in [4.78, 5) is 24.5.